The van der Waals surface area contributed by atoms with E-state index in [0.717, 1.165) is 22.6 Å². The maximum Gasteiger partial charge on any atom is 0.163 e. The number of rotatable bonds is 2. The van der Waals surface area contributed by atoms with E-state index in [-0.39, 0.29) is 5.69 Å². The number of hydrogen-bond acceptors (Lipinski definition) is 3. The van der Waals surface area contributed by atoms with Crippen molar-refractivity contribution in [3.05, 3.63) is 72.8 Å². The van der Waals surface area contributed by atoms with E-state index >= 15 is 0 Å². The molecule has 0 fully saturated rings. The predicted octanol–water partition coefficient (Wildman–Crippen LogP) is 3.76. The topological polar surface area (TPSA) is 43.6 Å². The van der Waals surface area contributed by atoms with Crippen LogP contribution < -0.4 is 0 Å². The Labute approximate surface area is 130 Å². The molecule has 3 heterocycles. The lowest BCUT2D eigenvalue weighted by atomic mass is 10.1. The van der Waals surface area contributed by atoms with Crippen LogP contribution in [0.5, 0.6) is 0 Å². The highest BCUT2D eigenvalue weighted by molar-refractivity contribution is 5.92. The maximum absolute atomic E-state index is 14.0. The van der Waals surface area contributed by atoms with Crippen LogP contribution in [0.2, 0.25) is 0 Å². The van der Waals surface area contributed by atoms with Gasteiger partial charge in [-0.05, 0) is 29.8 Å². The van der Waals surface area contributed by atoms with Gasteiger partial charge in [-0.2, -0.15) is 5.10 Å². The molecule has 0 radical (unpaired) electrons. The second-order valence-corrected chi connectivity index (χ2v) is 4.99. The molecule has 1 aromatic carbocycles. The molecule has 4 aromatic rings. The van der Waals surface area contributed by atoms with Gasteiger partial charge in [-0.15, -0.1) is 0 Å². The third kappa shape index (κ3) is 2.24. The fourth-order valence-corrected chi connectivity index (χ4v) is 2.53. The van der Waals surface area contributed by atoms with Crippen molar-refractivity contribution in [3.63, 3.8) is 0 Å². The van der Waals surface area contributed by atoms with Crippen LogP contribution in [0.4, 0.5) is 8.78 Å². The van der Waals surface area contributed by atoms with Gasteiger partial charge in [-0.25, -0.2) is 18.4 Å². The van der Waals surface area contributed by atoms with Crippen molar-refractivity contribution in [2.24, 2.45) is 0 Å². The van der Waals surface area contributed by atoms with E-state index in [1.54, 1.807) is 24.8 Å². The Kier molecular flexibility index (Phi) is 3.08. The van der Waals surface area contributed by atoms with Crippen molar-refractivity contribution in [2.45, 2.75) is 0 Å². The molecule has 4 rings (SSSR count). The summed E-state index contributed by atoms with van der Waals surface area (Å²) >= 11 is 0. The zero-order chi connectivity index (χ0) is 15.8. The first-order valence-corrected chi connectivity index (χ1v) is 6.92. The number of fused-ring (bicyclic) bond motifs is 1. The van der Waals surface area contributed by atoms with Crippen LogP contribution in [0.1, 0.15) is 0 Å². The van der Waals surface area contributed by atoms with Crippen molar-refractivity contribution in [2.75, 3.05) is 0 Å². The first kappa shape index (κ1) is 13.5. The lowest BCUT2D eigenvalue weighted by Crippen LogP contribution is -2.01. The van der Waals surface area contributed by atoms with Gasteiger partial charge in [-0.3, -0.25) is 4.98 Å². The molecule has 6 heteroatoms. The fourth-order valence-electron chi connectivity index (χ4n) is 2.53. The molecule has 0 amide bonds. The van der Waals surface area contributed by atoms with E-state index in [1.165, 1.54) is 16.8 Å². The Balaban J connectivity index is 1.95. The summed E-state index contributed by atoms with van der Waals surface area (Å²) in [4.78, 5) is 8.39. The van der Waals surface area contributed by atoms with Crippen LogP contribution in [-0.2, 0) is 0 Å². The van der Waals surface area contributed by atoms with Gasteiger partial charge >= 0.3 is 0 Å². The van der Waals surface area contributed by atoms with E-state index in [1.807, 2.05) is 18.2 Å². The molecular formula is C17H10F2N4. The minimum Gasteiger partial charge on any atom is -0.264 e. The summed E-state index contributed by atoms with van der Waals surface area (Å²) in [6.45, 7) is 0. The van der Waals surface area contributed by atoms with Crippen molar-refractivity contribution >= 4 is 11.0 Å². The molecule has 0 aliphatic carbocycles. The van der Waals surface area contributed by atoms with Gasteiger partial charge in [0.1, 0.15) is 11.5 Å². The summed E-state index contributed by atoms with van der Waals surface area (Å²) < 4.78 is 28.5. The molecule has 0 spiro atoms. The second-order valence-electron chi connectivity index (χ2n) is 4.99. The molecule has 0 N–H and O–H groups in total. The summed E-state index contributed by atoms with van der Waals surface area (Å²) in [7, 11) is 0. The quantitative estimate of drug-likeness (QED) is 0.566. The average molecular weight is 308 g/mol. The van der Waals surface area contributed by atoms with Gasteiger partial charge in [0.15, 0.2) is 11.5 Å². The smallest absolute Gasteiger partial charge is 0.163 e. The van der Waals surface area contributed by atoms with Crippen molar-refractivity contribution in [1.82, 2.24) is 19.7 Å². The van der Waals surface area contributed by atoms with Crippen LogP contribution in [0.25, 0.3) is 27.8 Å². The van der Waals surface area contributed by atoms with Gasteiger partial charge in [0.2, 0.25) is 0 Å². The Morgan fingerprint density at radius 2 is 1.87 bits per heavy atom. The van der Waals surface area contributed by atoms with Gasteiger partial charge in [0.05, 0.1) is 6.20 Å². The second kappa shape index (κ2) is 5.24. The highest BCUT2D eigenvalue weighted by atomic mass is 19.1. The Bertz CT molecular complexity index is 996. The summed E-state index contributed by atoms with van der Waals surface area (Å²) in [5.41, 5.74) is 2.46. The number of pyridine rings is 2. The molecule has 0 aliphatic rings. The summed E-state index contributed by atoms with van der Waals surface area (Å²) in [6.07, 6.45) is 6.68. The van der Waals surface area contributed by atoms with E-state index < -0.39 is 11.6 Å². The van der Waals surface area contributed by atoms with E-state index in [4.69, 9.17) is 0 Å². The molecule has 4 nitrogen and oxygen atoms in total. The molecule has 0 bridgehead atoms. The first-order chi connectivity index (χ1) is 11.2. The largest absolute Gasteiger partial charge is 0.264 e. The highest BCUT2D eigenvalue weighted by Gasteiger charge is 2.14. The minimum atomic E-state index is -0.691. The van der Waals surface area contributed by atoms with Crippen molar-refractivity contribution in [1.29, 1.82) is 0 Å². The monoisotopic (exact) mass is 308 g/mol. The number of nitrogens with zero attached hydrogens (tertiary/aromatic N) is 4. The van der Waals surface area contributed by atoms with Crippen LogP contribution in [0.3, 0.4) is 0 Å². The molecule has 0 aliphatic heterocycles. The maximum atomic E-state index is 14.0. The van der Waals surface area contributed by atoms with E-state index in [9.17, 15) is 8.78 Å². The van der Waals surface area contributed by atoms with E-state index in [0.29, 0.717) is 5.65 Å². The number of hydrogen-bond donors (Lipinski definition) is 0. The summed E-state index contributed by atoms with van der Waals surface area (Å²) in [6, 6.07) is 8.98. The van der Waals surface area contributed by atoms with Crippen molar-refractivity contribution in [3.8, 4) is 16.8 Å². The molecule has 0 saturated heterocycles. The van der Waals surface area contributed by atoms with Gasteiger partial charge in [-0.1, -0.05) is 6.07 Å². The summed E-state index contributed by atoms with van der Waals surface area (Å²) in [5, 5.41) is 4.98. The summed E-state index contributed by atoms with van der Waals surface area (Å²) in [5.74, 6) is -1.32. The lowest BCUT2D eigenvalue weighted by molar-refractivity contribution is 0.574. The van der Waals surface area contributed by atoms with Crippen molar-refractivity contribution < 1.29 is 8.78 Å². The average Bonchev–Trinajstić information content (AvgIpc) is 2.99. The van der Waals surface area contributed by atoms with Gasteiger partial charge < -0.3 is 0 Å². The molecule has 0 atom stereocenters. The van der Waals surface area contributed by atoms with Gasteiger partial charge in [0, 0.05) is 35.6 Å². The molecule has 0 saturated carbocycles. The lowest BCUT2D eigenvalue weighted by Gasteiger charge is -2.06. The van der Waals surface area contributed by atoms with Crippen LogP contribution in [-0.4, -0.2) is 19.7 Å². The number of benzene rings is 1. The Hall–Kier alpha value is -3.15. The van der Waals surface area contributed by atoms with Crippen LogP contribution in [0.15, 0.2) is 61.2 Å². The number of halogens is 2. The minimum absolute atomic E-state index is 0.150. The zero-order valence-corrected chi connectivity index (χ0v) is 11.8. The van der Waals surface area contributed by atoms with Crippen LogP contribution in [0, 0.1) is 11.6 Å². The SMILES string of the molecule is Fc1ccc(-n2ncc3c(-c4cccnc4)ccnc32)c(F)c1. The Morgan fingerprint density at radius 1 is 0.957 bits per heavy atom. The molecule has 112 valence electrons. The normalized spacial score (nSPS) is 11.0. The molecular weight excluding hydrogens is 298 g/mol. The molecule has 0 unspecified atom stereocenters. The molecule has 23 heavy (non-hydrogen) atoms. The van der Waals surface area contributed by atoms with Gasteiger partial charge in [0.25, 0.3) is 0 Å². The standard InChI is InChI=1S/C17H10F2N4/c18-12-3-4-16(15(19)8-12)23-17-14(10-22-23)13(5-7-21-17)11-2-1-6-20-9-11/h1-10H. The van der Waals surface area contributed by atoms with E-state index in [2.05, 4.69) is 15.1 Å². The number of aromatic nitrogens is 4. The third-order valence-corrected chi connectivity index (χ3v) is 3.58. The molecule has 3 aromatic heterocycles. The predicted molar refractivity (Wildman–Crippen MR) is 82.0 cm³/mol. The highest BCUT2D eigenvalue weighted by Crippen LogP contribution is 2.28. The van der Waals surface area contributed by atoms with Crippen LogP contribution >= 0.6 is 0 Å². The Morgan fingerprint density at radius 3 is 2.65 bits per heavy atom. The first-order valence-electron chi connectivity index (χ1n) is 6.92. The third-order valence-electron chi connectivity index (χ3n) is 3.58. The zero-order valence-electron chi connectivity index (χ0n) is 11.8. The fraction of sp³-hybridized carbons (Fsp3) is 0.